The molecular weight excluding hydrogens is 146 g/mol. The summed E-state index contributed by atoms with van der Waals surface area (Å²) < 4.78 is 23.5. The molecule has 0 amide bonds. The van der Waals surface area contributed by atoms with Crippen LogP contribution in [-0.4, -0.2) is 19.4 Å². The number of rotatable bonds is 3. The van der Waals surface area contributed by atoms with E-state index in [9.17, 15) is 8.42 Å². The lowest BCUT2D eigenvalue weighted by Crippen LogP contribution is -2.05. The van der Waals surface area contributed by atoms with E-state index in [1.54, 1.807) is 0 Å². The summed E-state index contributed by atoms with van der Waals surface area (Å²) in [6.45, 7) is 0. The van der Waals surface area contributed by atoms with Gasteiger partial charge < -0.3 is 5.73 Å². The monoisotopic (exact) mass is 153 g/mol. The van der Waals surface area contributed by atoms with Crippen molar-refractivity contribution in [2.75, 3.05) is 5.75 Å². The third-order valence-electron chi connectivity index (χ3n) is 0.550. The number of nitrogens with two attached hydrogens (primary N) is 1. The molecule has 54 valence electrons. The van der Waals surface area contributed by atoms with Crippen LogP contribution >= 0.6 is 0 Å². The SMILES string of the molecule is NC=CCS(=O)(=O)OO. The summed E-state index contributed by atoms with van der Waals surface area (Å²) in [5.74, 6) is -0.417. The van der Waals surface area contributed by atoms with E-state index in [2.05, 4.69) is 4.33 Å². The van der Waals surface area contributed by atoms with Crippen LogP contribution in [0.3, 0.4) is 0 Å². The molecule has 0 heterocycles. The Morgan fingerprint density at radius 1 is 1.67 bits per heavy atom. The van der Waals surface area contributed by atoms with Crippen molar-refractivity contribution in [3.05, 3.63) is 12.3 Å². The Kier molecular flexibility index (Phi) is 3.21. The Balaban J connectivity index is 3.90. The van der Waals surface area contributed by atoms with Crippen molar-refractivity contribution in [2.45, 2.75) is 0 Å². The highest BCUT2D eigenvalue weighted by molar-refractivity contribution is 7.86. The second kappa shape index (κ2) is 3.44. The van der Waals surface area contributed by atoms with Crippen LogP contribution < -0.4 is 5.73 Å². The molecule has 0 aliphatic carbocycles. The molecule has 0 aromatic rings. The quantitative estimate of drug-likeness (QED) is 0.412. The fourth-order valence-electron chi connectivity index (χ4n) is 0.204. The fourth-order valence-corrected chi connectivity index (χ4v) is 0.612. The van der Waals surface area contributed by atoms with Gasteiger partial charge in [0.1, 0.15) is 0 Å². The largest absolute Gasteiger partial charge is 0.405 e. The minimum atomic E-state index is -3.79. The van der Waals surface area contributed by atoms with E-state index in [1.165, 1.54) is 0 Å². The summed E-state index contributed by atoms with van der Waals surface area (Å²) in [5, 5.41) is 7.66. The molecule has 0 unspecified atom stereocenters. The first-order chi connectivity index (χ1) is 4.12. The first kappa shape index (κ1) is 8.41. The minimum Gasteiger partial charge on any atom is -0.405 e. The van der Waals surface area contributed by atoms with Gasteiger partial charge in [-0.3, -0.25) is 0 Å². The van der Waals surface area contributed by atoms with Gasteiger partial charge in [0.05, 0.1) is 5.75 Å². The maximum atomic E-state index is 10.2. The van der Waals surface area contributed by atoms with Crippen LogP contribution in [0.5, 0.6) is 0 Å². The van der Waals surface area contributed by atoms with Gasteiger partial charge in [-0.05, 0) is 6.20 Å². The fraction of sp³-hybridized carbons (Fsp3) is 0.333. The topological polar surface area (TPSA) is 89.6 Å². The third kappa shape index (κ3) is 3.95. The molecular formula is C3H7NO4S. The predicted octanol–water partition coefficient (Wildman–Crippen LogP) is -0.722. The summed E-state index contributed by atoms with van der Waals surface area (Å²) in [7, 11) is -3.79. The first-order valence-corrected chi connectivity index (χ1v) is 3.62. The summed E-state index contributed by atoms with van der Waals surface area (Å²) >= 11 is 0. The van der Waals surface area contributed by atoms with Gasteiger partial charge in [0.2, 0.25) is 0 Å². The zero-order valence-corrected chi connectivity index (χ0v) is 5.34. The Morgan fingerprint density at radius 2 is 2.22 bits per heavy atom. The second-order valence-electron chi connectivity index (χ2n) is 1.23. The van der Waals surface area contributed by atoms with Crippen LogP contribution in [-0.2, 0) is 14.5 Å². The molecule has 0 spiro atoms. The van der Waals surface area contributed by atoms with E-state index in [4.69, 9.17) is 11.0 Å². The molecule has 0 rings (SSSR count). The van der Waals surface area contributed by atoms with Gasteiger partial charge in [0.15, 0.2) is 0 Å². The van der Waals surface area contributed by atoms with Crippen LogP contribution in [0.2, 0.25) is 0 Å². The average Bonchev–Trinajstić information content (AvgIpc) is 1.84. The highest BCUT2D eigenvalue weighted by Gasteiger charge is 2.05. The second-order valence-corrected chi connectivity index (χ2v) is 2.82. The van der Waals surface area contributed by atoms with E-state index in [-0.39, 0.29) is 0 Å². The Labute approximate surface area is 52.8 Å². The Hall–Kier alpha value is -0.590. The van der Waals surface area contributed by atoms with Crippen molar-refractivity contribution >= 4 is 10.1 Å². The summed E-state index contributed by atoms with van der Waals surface area (Å²) in [4.78, 5) is 0. The lowest BCUT2D eigenvalue weighted by Gasteiger charge is -1.90. The summed E-state index contributed by atoms with van der Waals surface area (Å²) in [6.07, 6.45) is 2.20. The van der Waals surface area contributed by atoms with E-state index in [0.717, 1.165) is 12.3 Å². The molecule has 5 nitrogen and oxygen atoms in total. The molecule has 0 saturated carbocycles. The lowest BCUT2D eigenvalue weighted by molar-refractivity contribution is -0.130. The summed E-state index contributed by atoms with van der Waals surface area (Å²) in [5.41, 5.74) is 4.81. The summed E-state index contributed by atoms with van der Waals surface area (Å²) in [6, 6.07) is 0. The predicted molar refractivity (Wildman–Crippen MR) is 30.8 cm³/mol. The number of hydrogen-bond donors (Lipinski definition) is 2. The molecule has 0 aliphatic heterocycles. The van der Waals surface area contributed by atoms with Gasteiger partial charge >= 0.3 is 0 Å². The third-order valence-corrected chi connectivity index (χ3v) is 1.38. The smallest absolute Gasteiger partial charge is 0.297 e. The van der Waals surface area contributed by atoms with Crippen molar-refractivity contribution in [2.24, 2.45) is 5.73 Å². The normalized spacial score (nSPS) is 12.6. The van der Waals surface area contributed by atoms with Gasteiger partial charge in [-0.25, -0.2) is 5.26 Å². The highest BCUT2D eigenvalue weighted by atomic mass is 32.2. The van der Waals surface area contributed by atoms with Crippen molar-refractivity contribution in [3.8, 4) is 0 Å². The van der Waals surface area contributed by atoms with Crippen LogP contribution in [0.15, 0.2) is 12.3 Å². The molecule has 6 heteroatoms. The molecule has 9 heavy (non-hydrogen) atoms. The van der Waals surface area contributed by atoms with Crippen LogP contribution in [0.25, 0.3) is 0 Å². The Bertz CT molecular complexity index is 182. The maximum Gasteiger partial charge on any atom is 0.297 e. The molecule has 0 saturated heterocycles. The van der Waals surface area contributed by atoms with Gasteiger partial charge in [0, 0.05) is 0 Å². The van der Waals surface area contributed by atoms with E-state index < -0.39 is 15.9 Å². The lowest BCUT2D eigenvalue weighted by atomic mass is 10.7. The van der Waals surface area contributed by atoms with Crippen molar-refractivity contribution in [3.63, 3.8) is 0 Å². The number of hydrogen-bond acceptors (Lipinski definition) is 5. The van der Waals surface area contributed by atoms with Crippen LogP contribution in [0.4, 0.5) is 0 Å². The molecule has 0 bridgehead atoms. The van der Waals surface area contributed by atoms with Crippen molar-refractivity contribution < 1.29 is 18.0 Å². The van der Waals surface area contributed by atoms with E-state index in [1.807, 2.05) is 0 Å². The molecule has 0 radical (unpaired) electrons. The van der Waals surface area contributed by atoms with E-state index >= 15 is 0 Å². The highest BCUT2D eigenvalue weighted by Crippen LogP contribution is 1.88. The average molecular weight is 153 g/mol. The molecule has 0 fully saturated rings. The molecule has 0 aromatic heterocycles. The molecule has 0 atom stereocenters. The minimum absolute atomic E-state index is 0.417. The zero-order valence-electron chi connectivity index (χ0n) is 4.52. The first-order valence-electron chi connectivity index (χ1n) is 2.05. The van der Waals surface area contributed by atoms with Crippen LogP contribution in [0.1, 0.15) is 0 Å². The molecule has 0 aliphatic rings. The zero-order chi connectivity index (χ0) is 7.33. The van der Waals surface area contributed by atoms with Gasteiger partial charge in [-0.1, -0.05) is 6.08 Å². The van der Waals surface area contributed by atoms with Gasteiger partial charge in [-0.15, -0.1) is 4.33 Å². The standard InChI is InChI=1S/C3H7NO4S/c4-2-1-3-9(6,7)8-5/h1-2,5H,3-4H2. The van der Waals surface area contributed by atoms with Crippen molar-refractivity contribution in [1.29, 1.82) is 0 Å². The van der Waals surface area contributed by atoms with Crippen LogP contribution in [0, 0.1) is 0 Å². The van der Waals surface area contributed by atoms with Gasteiger partial charge in [-0.2, -0.15) is 8.42 Å². The van der Waals surface area contributed by atoms with E-state index in [0.29, 0.717) is 0 Å². The maximum absolute atomic E-state index is 10.2. The van der Waals surface area contributed by atoms with Crippen molar-refractivity contribution in [1.82, 2.24) is 0 Å². The van der Waals surface area contributed by atoms with Gasteiger partial charge in [0.25, 0.3) is 10.1 Å². The Morgan fingerprint density at radius 3 is 2.56 bits per heavy atom. The molecule has 3 N–H and O–H groups in total. The molecule has 0 aromatic carbocycles.